The molecule has 0 amide bonds. The van der Waals surface area contributed by atoms with Gasteiger partial charge in [0, 0.05) is 0 Å². The lowest BCUT2D eigenvalue weighted by Crippen LogP contribution is -2.15. The molecule has 1 nitrogen and oxygen atoms in total. The van der Waals surface area contributed by atoms with Crippen molar-refractivity contribution in [2.45, 2.75) is 27.2 Å². The summed E-state index contributed by atoms with van der Waals surface area (Å²) in [6.45, 7) is 10.7. The van der Waals surface area contributed by atoms with Crippen molar-refractivity contribution in [3.05, 3.63) is 86.5 Å². The van der Waals surface area contributed by atoms with Crippen LogP contribution in [0.5, 0.6) is 0 Å². The van der Waals surface area contributed by atoms with Crippen LogP contribution in [0.1, 0.15) is 27.2 Å². The van der Waals surface area contributed by atoms with Gasteiger partial charge in [0.05, 0.1) is 0 Å². The number of rotatable bonds is 0. The van der Waals surface area contributed by atoms with Gasteiger partial charge in [0.15, 0.2) is 0 Å². The number of hydrogen-bond donors (Lipinski definition) is 0. The average molecular weight is 302 g/mol. The van der Waals surface area contributed by atoms with Crippen LogP contribution in [0, 0.1) is 22.3 Å². The quantitative estimate of drug-likeness (QED) is 0.683. The Labute approximate surface area is 138 Å². The van der Waals surface area contributed by atoms with Crippen molar-refractivity contribution in [3.63, 3.8) is 0 Å². The van der Waals surface area contributed by atoms with Crippen LogP contribution in [0.3, 0.4) is 0 Å². The molecule has 0 aromatic heterocycles. The summed E-state index contributed by atoms with van der Waals surface area (Å²) < 4.78 is 0. The number of benzene rings is 2. The summed E-state index contributed by atoms with van der Waals surface area (Å²) in [7, 11) is 0. The topological polar surface area (TPSA) is 14.1 Å². The van der Waals surface area contributed by atoms with Crippen LogP contribution in [0.15, 0.2) is 60.3 Å². The summed E-state index contributed by atoms with van der Waals surface area (Å²) in [5.41, 5.74) is 2.57. The molecular weight excluding hydrogens is 278 g/mol. The SMILES string of the molecule is C=c1ccc(=c2ccc(=C3[N-]C=C(C)CC(C)C3C)cc2)cc1. The molecule has 0 aliphatic carbocycles. The van der Waals surface area contributed by atoms with E-state index in [2.05, 4.69) is 75.9 Å². The predicted octanol–water partition coefficient (Wildman–Crippen LogP) is 4.45. The Morgan fingerprint density at radius 1 is 0.870 bits per heavy atom. The third-order valence-corrected chi connectivity index (χ3v) is 4.82. The van der Waals surface area contributed by atoms with Crippen LogP contribution in [-0.4, -0.2) is 0 Å². The second-order valence-electron chi connectivity index (χ2n) is 6.73. The molecule has 0 fully saturated rings. The highest BCUT2D eigenvalue weighted by atomic mass is 14.9. The van der Waals surface area contributed by atoms with E-state index in [4.69, 9.17) is 5.32 Å². The maximum absolute atomic E-state index is 4.77. The lowest BCUT2D eigenvalue weighted by molar-refractivity contribution is 0.471. The zero-order valence-corrected chi connectivity index (χ0v) is 14.2. The van der Waals surface area contributed by atoms with E-state index in [-0.39, 0.29) is 0 Å². The fourth-order valence-electron chi connectivity index (χ4n) is 3.17. The van der Waals surface area contributed by atoms with Crippen molar-refractivity contribution in [1.82, 2.24) is 0 Å². The van der Waals surface area contributed by atoms with Gasteiger partial charge in [-0.3, -0.25) is 0 Å². The third-order valence-electron chi connectivity index (χ3n) is 4.82. The molecule has 2 unspecified atom stereocenters. The molecule has 0 saturated carbocycles. The normalized spacial score (nSPS) is 21.3. The maximum Gasteiger partial charge on any atom is -0.0184 e. The summed E-state index contributed by atoms with van der Waals surface area (Å²) >= 11 is 0. The van der Waals surface area contributed by atoms with Crippen molar-refractivity contribution in [3.8, 4) is 0 Å². The Hall–Kier alpha value is -2.28. The lowest BCUT2D eigenvalue weighted by Gasteiger charge is -2.29. The Kier molecular flexibility index (Phi) is 4.38. The highest BCUT2D eigenvalue weighted by molar-refractivity contribution is 5.62. The molecule has 2 aromatic carbocycles. The van der Waals surface area contributed by atoms with Crippen LogP contribution in [-0.2, 0) is 0 Å². The minimum Gasteiger partial charge on any atom is -0.667 e. The average Bonchev–Trinajstić information content (AvgIpc) is 2.68. The first-order valence-corrected chi connectivity index (χ1v) is 8.31. The summed E-state index contributed by atoms with van der Waals surface area (Å²) in [5, 5.41) is 9.50. The van der Waals surface area contributed by atoms with E-state index in [0.717, 1.165) is 11.6 Å². The van der Waals surface area contributed by atoms with Gasteiger partial charge in [-0.05, 0) is 46.1 Å². The molecule has 0 spiro atoms. The Bertz CT molecular complexity index is 890. The van der Waals surface area contributed by atoms with Gasteiger partial charge in [-0.2, -0.15) is 6.20 Å². The van der Waals surface area contributed by atoms with Gasteiger partial charge in [-0.15, -0.1) is 5.70 Å². The highest BCUT2D eigenvalue weighted by Crippen LogP contribution is 2.33. The van der Waals surface area contributed by atoms with Crippen LogP contribution >= 0.6 is 0 Å². The zero-order valence-electron chi connectivity index (χ0n) is 14.2. The molecule has 118 valence electrons. The summed E-state index contributed by atoms with van der Waals surface area (Å²) in [4.78, 5) is 0. The molecule has 0 N–H and O–H groups in total. The number of hydrogen-bond acceptors (Lipinski definition) is 0. The molecule has 1 aliphatic heterocycles. The zero-order chi connectivity index (χ0) is 16.4. The van der Waals surface area contributed by atoms with Gasteiger partial charge in [0.25, 0.3) is 0 Å². The Morgan fingerprint density at radius 3 is 2.00 bits per heavy atom. The summed E-state index contributed by atoms with van der Waals surface area (Å²) in [5.74, 6) is 1.09. The van der Waals surface area contributed by atoms with E-state index in [9.17, 15) is 0 Å². The van der Waals surface area contributed by atoms with Crippen molar-refractivity contribution in [2.75, 3.05) is 0 Å². The standard InChI is InChI=1S/C22H24N/c1-15-5-7-19(8-6-15)20-9-11-21(12-10-20)22-18(4)17(3)13-16(2)14-23-22/h5-12,14,17-18H,1,13H2,2-4H3/q-1. The molecule has 1 aliphatic rings. The molecular formula is C22H24N-. The van der Waals surface area contributed by atoms with Crippen molar-refractivity contribution < 1.29 is 0 Å². The van der Waals surface area contributed by atoms with Crippen molar-refractivity contribution in [1.29, 1.82) is 0 Å². The highest BCUT2D eigenvalue weighted by Gasteiger charge is 2.14. The van der Waals surface area contributed by atoms with Gasteiger partial charge in [-0.1, -0.05) is 74.5 Å². The van der Waals surface area contributed by atoms with E-state index >= 15 is 0 Å². The minimum atomic E-state index is 0.472. The van der Waals surface area contributed by atoms with Gasteiger partial charge in [0.2, 0.25) is 0 Å². The molecule has 2 aromatic rings. The number of allylic oxidation sites excluding steroid dienone is 1. The monoisotopic (exact) mass is 302 g/mol. The van der Waals surface area contributed by atoms with Crippen LogP contribution in [0.25, 0.3) is 17.6 Å². The van der Waals surface area contributed by atoms with Crippen molar-refractivity contribution >= 4 is 12.3 Å². The van der Waals surface area contributed by atoms with Crippen LogP contribution < -0.4 is 10.4 Å². The van der Waals surface area contributed by atoms with E-state index in [1.165, 1.54) is 26.9 Å². The van der Waals surface area contributed by atoms with Crippen LogP contribution in [0.4, 0.5) is 0 Å². The minimum absolute atomic E-state index is 0.472. The second kappa shape index (κ2) is 6.45. The van der Waals surface area contributed by atoms with E-state index in [1.54, 1.807) is 0 Å². The Balaban J connectivity index is 2.13. The van der Waals surface area contributed by atoms with Crippen molar-refractivity contribution in [2.24, 2.45) is 11.8 Å². The second-order valence-corrected chi connectivity index (χ2v) is 6.73. The maximum atomic E-state index is 4.77. The van der Waals surface area contributed by atoms with Gasteiger partial charge in [0.1, 0.15) is 0 Å². The molecule has 3 rings (SSSR count). The molecule has 2 atom stereocenters. The summed E-state index contributed by atoms with van der Waals surface area (Å²) in [6.07, 6.45) is 3.17. The fourth-order valence-corrected chi connectivity index (χ4v) is 3.17. The molecule has 0 radical (unpaired) electrons. The summed E-state index contributed by atoms with van der Waals surface area (Å²) in [6, 6.07) is 17.1. The fraction of sp³-hybridized carbons (Fsp3) is 0.273. The van der Waals surface area contributed by atoms with E-state index in [1.807, 2.05) is 6.20 Å². The van der Waals surface area contributed by atoms with Gasteiger partial charge >= 0.3 is 0 Å². The van der Waals surface area contributed by atoms with Crippen LogP contribution in [0.2, 0.25) is 0 Å². The molecule has 1 heterocycles. The first-order valence-electron chi connectivity index (χ1n) is 8.31. The third kappa shape index (κ3) is 3.39. The predicted molar refractivity (Wildman–Crippen MR) is 98.8 cm³/mol. The first-order chi connectivity index (χ1) is 11.0. The molecule has 23 heavy (non-hydrogen) atoms. The van der Waals surface area contributed by atoms with Gasteiger partial charge in [-0.25, -0.2) is 0 Å². The van der Waals surface area contributed by atoms with Gasteiger partial charge < -0.3 is 5.32 Å². The smallest absolute Gasteiger partial charge is 0.0184 e. The van der Waals surface area contributed by atoms with E-state index in [0.29, 0.717) is 11.8 Å². The molecule has 1 heteroatoms. The largest absolute Gasteiger partial charge is 0.667 e. The first kappa shape index (κ1) is 15.6. The number of nitrogens with zero attached hydrogens (tertiary/aromatic N) is 1. The molecule has 0 saturated heterocycles. The Morgan fingerprint density at radius 2 is 1.39 bits per heavy atom. The molecule has 0 bridgehead atoms. The lowest BCUT2D eigenvalue weighted by atomic mass is 9.88. The van der Waals surface area contributed by atoms with E-state index < -0.39 is 0 Å².